The van der Waals surface area contributed by atoms with E-state index in [-0.39, 0.29) is 12.0 Å². The van der Waals surface area contributed by atoms with Crippen LogP contribution in [-0.2, 0) is 4.79 Å². The Kier molecular flexibility index (Phi) is 4.60. The molecule has 1 saturated heterocycles. The molecule has 1 aromatic heterocycles. The maximum absolute atomic E-state index is 12.0. The highest BCUT2D eigenvalue weighted by atomic mass is 32.1. The van der Waals surface area contributed by atoms with Gasteiger partial charge in [-0.25, -0.2) is 0 Å². The summed E-state index contributed by atoms with van der Waals surface area (Å²) in [5, 5.41) is 13.5. The van der Waals surface area contributed by atoms with Gasteiger partial charge < -0.3 is 10.4 Å². The molecule has 5 heteroatoms. The minimum atomic E-state index is -0.283. The second-order valence-electron chi connectivity index (χ2n) is 5.32. The fourth-order valence-corrected chi connectivity index (χ4v) is 3.49. The van der Waals surface area contributed by atoms with Crippen LogP contribution < -0.4 is 5.32 Å². The fraction of sp³-hybridized carbons (Fsp3) is 0.643. The molecule has 1 atom stereocenters. The Bertz CT molecular complexity index is 470. The average molecular weight is 282 g/mol. The maximum atomic E-state index is 12.0. The third-order valence-electron chi connectivity index (χ3n) is 3.79. The zero-order valence-electron chi connectivity index (χ0n) is 11.8. The van der Waals surface area contributed by atoms with E-state index in [0.717, 1.165) is 30.0 Å². The van der Waals surface area contributed by atoms with Crippen molar-refractivity contribution in [1.29, 1.82) is 0 Å². The van der Waals surface area contributed by atoms with Crippen LogP contribution in [0.3, 0.4) is 0 Å². The Hall–Kier alpha value is -0.910. The van der Waals surface area contributed by atoms with Crippen LogP contribution in [0.15, 0.2) is 0 Å². The van der Waals surface area contributed by atoms with Crippen molar-refractivity contribution in [2.45, 2.75) is 39.7 Å². The number of carbonyl (C=O) groups excluding carboxylic acids is 1. The van der Waals surface area contributed by atoms with Gasteiger partial charge in [0.2, 0.25) is 5.91 Å². The molecule has 1 aliphatic heterocycles. The van der Waals surface area contributed by atoms with Gasteiger partial charge in [-0.1, -0.05) is 0 Å². The van der Waals surface area contributed by atoms with E-state index in [1.807, 2.05) is 11.8 Å². The first-order valence-electron chi connectivity index (χ1n) is 6.74. The van der Waals surface area contributed by atoms with Gasteiger partial charge in [-0.2, -0.15) is 0 Å². The van der Waals surface area contributed by atoms with E-state index in [0.29, 0.717) is 13.1 Å². The van der Waals surface area contributed by atoms with Crippen molar-refractivity contribution in [2.75, 3.05) is 25.0 Å². The monoisotopic (exact) mass is 282 g/mol. The summed E-state index contributed by atoms with van der Waals surface area (Å²) in [7, 11) is 0. The smallest absolute Gasteiger partial charge is 0.239 e. The summed E-state index contributed by atoms with van der Waals surface area (Å²) in [5.41, 5.74) is 2.42. The lowest BCUT2D eigenvalue weighted by Gasteiger charge is -2.29. The molecule has 1 aliphatic rings. The molecule has 4 nitrogen and oxygen atoms in total. The number of aryl methyl sites for hydroxylation is 1. The molecule has 0 aliphatic carbocycles. The third-order valence-corrected chi connectivity index (χ3v) is 5.01. The molecule has 106 valence electrons. The summed E-state index contributed by atoms with van der Waals surface area (Å²) < 4.78 is 0. The van der Waals surface area contributed by atoms with Crippen LogP contribution in [0.1, 0.15) is 28.8 Å². The van der Waals surface area contributed by atoms with Crippen LogP contribution in [0.4, 0.5) is 5.00 Å². The van der Waals surface area contributed by atoms with Gasteiger partial charge in [0.15, 0.2) is 0 Å². The van der Waals surface area contributed by atoms with Crippen LogP contribution >= 0.6 is 11.3 Å². The minimum Gasteiger partial charge on any atom is -0.392 e. The molecule has 0 saturated carbocycles. The van der Waals surface area contributed by atoms with Gasteiger partial charge in [0.05, 0.1) is 17.6 Å². The van der Waals surface area contributed by atoms with E-state index in [9.17, 15) is 9.90 Å². The number of rotatable bonds is 3. The number of hydrogen-bond acceptors (Lipinski definition) is 4. The number of thiophene rings is 1. The number of nitrogens with zero attached hydrogens (tertiary/aromatic N) is 1. The number of anilines is 1. The molecule has 0 radical (unpaired) electrons. The second-order valence-corrected chi connectivity index (χ2v) is 6.54. The Morgan fingerprint density at radius 1 is 1.42 bits per heavy atom. The van der Waals surface area contributed by atoms with Crippen LogP contribution in [0.5, 0.6) is 0 Å². The number of piperidine rings is 1. The molecule has 0 aromatic carbocycles. The third kappa shape index (κ3) is 3.55. The topological polar surface area (TPSA) is 52.6 Å². The quantitative estimate of drug-likeness (QED) is 0.892. The van der Waals surface area contributed by atoms with Crippen molar-refractivity contribution in [1.82, 2.24) is 4.90 Å². The number of β-amino-alcohol motifs (C(OH)–C–C–N with tert-alkyl or cyclic N) is 1. The average Bonchev–Trinajstić information content (AvgIpc) is 2.57. The number of aliphatic hydroxyl groups is 1. The molecule has 1 amide bonds. The molecule has 19 heavy (non-hydrogen) atoms. The summed E-state index contributed by atoms with van der Waals surface area (Å²) in [4.78, 5) is 15.3. The first-order valence-corrected chi connectivity index (χ1v) is 7.56. The van der Waals surface area contributed by atoms with Crippen molar-refractivity contribution in [3.05, 3.63) is 16.0 Å². The Balaban J connectivity index is 1.92. The minimum absolute atomic E-state index is 0.0125. The number of hydrogen-bond donors (Lipinski definition) is 2. The number of carbonyl (C=O) groups is 1. The largest absolute Gasteiger partial charge is 0.392 e. The predicted molar refractivity (Wildman–Crippen MR) is 78.8 cm³/mol. The number of nitrogens with one attached hydrogen (secondary N) is 1. The fourth-order valence-electron chi connectivity index (χ4n) is 2.40. The number of amides is 1. The van der Waals surface area contributed by atoms with Crippen molar-refractivity contribution >= 4 is 22.2 Å². The first kappa shape index (κ1) is 14.5. The summed E-state index contributed by atoms with van der Waals surface area (Å²) in [6, 6.07) is 0. The molecular weight excluding hydrogens is 260 g/mol. The summed E-state index contributed by atoms with van der Waals surface area (Å²) in [6.45, 7) is 8.06. The van der Waals surface area contributed by atoms with Crippen molar-refractivity contribution in [3.63, 3.8) is 0 Å². The Labute approximate surface area is 118 Å². The molecular formula is C14H22N2O2S. The lowest BCUT2D eigenvalue weighted by atomic mass is 10.1. The van der Waals surface area contributed by atoms with Crippen molar-refractivity contribution < 1.29 is 9.90 Å². The first-order chi connectivity index (χ1) is 8.97. The van der Waals surface area contributed by atoms with Crippen molar-refractivity contribution in [2.24, 2.45) is 0 Å². The lowest BCUT2D eigenvalue weighted by molar-refractivity contribution is -0.117. The van der Waals surface area contributed by atoms with E-state index in [2.05, 4.69) is 19.2 Å². The van der Waals surface area contributed by atoms with Crippen LogP contribution in [0.25, 0.3) is 0 Å². The zero-order valence-corrected chi connectivity index (χ0v) is 12.6. The highest BCUT2D eigenvalue weighted by molar-refractivity contribution is 7.16. The molecule has 1 fully saturated rings. The Morgan fingerprint density at radius 2 is 2.16 bits per heavy atom. The van der Waals surface area contributed by atoms with Gasteiger partial charge in [0.1, 0.15) is 0 Å². The number of aliphatic hydroxyl groups excluding tert-OH is 1. The van der Waals surface area contributed by atoms with E-state index in [1.165, 1.54) is 10.4 Å². The second kappa shape index (κ2) is 6.03. The van der Waals surface area contributed by atoms with Crippen molar-refractivity contribution in [3.8, 4) is 0 Å². The lowest BCUT2D eigenvalue weighted by Crippen LogP contribution is -2.42. The van der Waals surface area contributed by atoms with Crippen LogP contribution in [-0.4, -0.2) is 41.7 Å². The van der Waals surface area contributed by atoms with Crippen LogP contribution in [0.2, 0.25) is 0 Å². The Morgan fingerprint density at radius 3 is 2.74 bits per heavy atom. The van der Waals surface area contributed by atoms with Gasteiger partial charge in [0, 0.05) is 11.4 Å². The highest BCUT2D eigenvalue weighted by Gasteiger charge is 2.20. The summed E-state index contributed by atoms with van der Waals surface area (Å²) in [6.07, 6.45) is 1.53. The normalized spacial score (nSPS) is 20.5. The van der Waals surface area contributed by atoms with Gasteiger partial charge >= 0.3 is 0 Å². The summed E-state index contributed by atoms with van der Waals surface area (Å²) >= 11 is 1.63. The number of likely N-dealkylation sites (tertiary alicyclic amines) is 1. The summed E-state index contributed by atoms with van der Waals surface area (Å²) in [5.74, 6) is 0.0125. The molecule has 0 bridgehead atoms. The zero-order chi connectivity index (χ0) is 14.0. The molecule has 2 heterocycles. The van der Waals surface area contributed by atoms with E-state index >= 15 is 0 Å². The van der Waals surface area contributed by atoms with E-state index in [1.54, 1.807) is 11.3 Å². The predicted octanol–water partition coefficient (Wildman–Crippen LogP) is 2.07. The molecule has 1 aromatic rings. The van der Waals surface area contributed by atoms with Gasteiger partial charge in [-0.15, -0.1) is 11.3 Å². The van der Waals surface area contributed by atoms with E-state index in [4.69, 9.17) is 0 Å². The van der Waals surface area contributed by atoms with E-state index < -0.39 is 0 Å². The standard InChI is InChI=1S/C14H22N2O2S/c1-9-10(2)14(19-11(9)3)15-13(18)8-16-6-4-5-12(17)7-16/h12,17H,4-8H2,1-3H3,(H,15,18). The SMILES string of the molecule is Cc1sc(NC(=O)CN2CCCC(O)C2)c(C)c1C. The highest BCUT2D eigenvalue weighted by Crippen LogP contribution is 2.31. The molecule has 0 spiro atoms. The molecule has 2 N–H and O–H groups in total. The molecule has 1 unspecified atom stereocenters. The van der Waals surface area contributed by atoms with Gasteiger partial charge in [-0.3, -0.25) is 9.69 Å². The van der Waals surface area contributed by atoms with Gasteiger partial charge in [-0.05, 0) is 51.3 Å². The van der Waals surface area contributed by atoms with Crippen LogP contribution in [0, 0.1) is 20.8 Å². The van der Waals surface area contributed by atoms with Gasteiger partial charge in [0.25, 0.3) is 0 Å². The molecule has 2 rings (SSSR count). The maximum Gasteiger partial charge on any atom is 0.239 e.